The van der Waals surface area contributed by atoms with Gasteiger partial charge in [-0.2, -0.15) is 5.10 Å². The fraction of sp³-hybridized carbons (Fsp3) is 0. The van der Waals surface area contributed by atoms with Crippen LogP contribution in [0.2, 0.25) is 0 Å². The molecule has 166 valence electrons. The van der Waals surface area contributed by atoms with E-state index in [2.05, 4.69) is 20.8 Å². The Bertz CT molecular complexity index is 1460. The van der Waals surface area contributed by atoms with E-state index in [0.29, 0.717) is 28.3 Å². The maximum Gasteiger partial charge on any atom is 0.255 e. The van der Waals surface area contributed by atoms with Gasteiger partial charge in [-0.05, 0) is 72.8 Å². The first-order valence-electron chi connectivity index (χ1n) is 10.6. The number of fused-ring (bicyclic) bond motifs is 1. The first-order valence-corrected chi connectivity index (χ1v) is 10.6. The number of hydrogen-bond donors (Lipinski definition) is 3. The molecule has 0 saturated heterocycles. The molecule has 0 aliphatic carbocycles. The van der Waals surface area contributed by atoms with E-state index in [1.54, 1.807) is 60.8 Å². The summed E-state index contributed by atoms with van der Waals surface area (Å²) in [4.78, 5) is 25.4. The summed E-state index contributed by atoms with van der Waals surface area (Å²) in [5, 5.41) is 13.5. The Morgan fingerprint density at radius 3 is 2.18 bits per heavy atom. The number of nitrogens with one attached hydrogen (secondary N) is 3. The van der Waals surface area contributed by atoms with Crippen molar-refractivity contribution in [3.63, 3.8) is 0 Å². The third kappa shape index (κ3) is 4.78. The van der Waals surface area contributed by atoms with Gasteiger partial charge in [0.05, 0.1) is 11.7 Å². The molecule has 0 saturated carbocycles. The molecule has 0 unspecified atom stereocenters. The Labute approximate surface area is 195 Å². The SMILES string of the molecule is O=C(Nc1cccc(C(=O)Nc2ccc3[nH]ncc3c2)c1)c1ccc(Oc2ccccc2)cc1. The van der Waals surface area contributed by atoms with E-state index in [-0.39, 0.29) is 11.8 Å². The number of para-hydroxylation sites is 1. The number of carbonyl (C=O) groups is 2. The van der Waals surface area contributed by atoms with Crippen LogP contribution in [0.4, 0.5) is 11.4 Å². The summed E-state index contributed by atoms with van der Waals surface area (Å²) in [6.45, 7) is 0. The van der Waals surface area contributed by atoms with Crippen molar-refractivity contribution in [2.45, 2.75) is 0 Å². The van der Waals surface area contributed by atoms with Crippen LogP contribution < -0.4 is 15.4 Å². The van der Waals surface area contributed by atoms with E-state index in [1.165, 1.54) is 0 Å². The largest absolute Gasteiger partial charge is 0.457 e. The maximum atomic E-state index is 12.7. The van der Waals surface area contributed by atoms with Crippen LogP contribution in [-0.2, 0) is 0 Å². The second-order valence-corrected chi connectivity index (χ2v) is 7.60. The minimum absolute atomic E-state index is 0.277. The Morgan fingerprint density at radius 2 is 1.38 bits per heavy atom. The number of aromatic amines is 1. The van der Waals surface area contributed by atoms with Crippen molar-refractivity contribution in [1.29, 1.82) is 0 Å². The first kappa shape index (κ1) is 21.0. The van der Waals surface area contributed by atoms with Crippen molar-refractivity contribution in [3.8, 4) is 11.5 Å². The van der Waals surface area contributed by atoms with E-state index in [9.17, 15) is 9.59 Å². The molecule has 1 aromatic heterocycles. The molecular formula is C27H20N4O3. The van der Waals surface area contributed by atoms with E-state index in [0.717, 1.165) is 16.7 Å². The average Bonchev–Trinajstić information content (AvgIpc) is 3.33. The zero-order chi connectivity index (χ0) is 23.3. The van der Waals surface area contributed by atoms with Gasteiger partial charge < -0.3 is 15.4 Å². The number of anilines is 2. The Morgan fingerprint density at radius 1 is 0.676 bits per heavy atom. The zero-order valence-electron chi connectivity index (χ0n) is 18.0. The van der Waals surface area contributed by atoms with E-state index in [4.69, 9.17) is 4.74 Å². The molecule has 0 bridgehead atoms. The molecule has 4 aromatic carbocycles. The number of amides is 2. The molecule has 0 fully saturated rings. The predicted octanol–water partition coefficient (Wildman–Crippen LogP) is 5.86. The Hall–Kier alpha value is -4.91. The van der Waals surface area contributed by atoms with Crippen LogP contribution in [0, 0.1) is 0 Å². The van der Waals surface area contributed by atoms with Crippen molar-refractivity contribution in [2.75, 3.05) is 10.6 Å². The third-order valence-electron chi connectivity index (χ3n) is 5.18. The third-order valence-corrected chi connectivity index (χ3v) is 5.18. The molecule has 0 atom stereocenters. The number of rotatable bonds is 6. The molecule has 7 heteroatoms. The Kier molecular flexibility index (Phi) is 5.73. The number of aromatic nitrogens is 2. The van der Waals surface area contributed by atoms with Gasteiger partial charge in [0.1, 0.15) is 11.5 Å². The van der Waals surface area contributed by atoms with Crippen molar-refractivity contribution in [2.24, 2.45) is 0 Å². The molecular weight excluding hydrogens is 428 g/mol. The minimum Gasteiger partial charge on any atom is -0.457 e. The van der Waals surface area contributed by atoms with Crippen LogP contribution >= 0.6 is 0 Å². The summed E-state index contributed by atoms with van der Waals surface area (Å²) in [7, 11) is 0. The quantitative estimate of drug-likeness (QED) is 0.303. The van der Waals surface area contributed by atoms with E-state index < -0.39 is 0 Å². The van der Waals surface area contributed by atoms with Crippen LogP contribution in [0.1, 0.15) is 20.7 Å². The topological polar surface area (TPSA) is 96.1 Å². The van der Waals surface area contributed by atoms with Gasteiger partial charge in [0.2, 0.25) is 0 Å². The summed E-state index contributed by atoms with van der Waals surface area (Å²) in [5.41, 5.74) is 2.97. The smallest absolute Gasteiger partial charge is 0.255 e. The highest BCUT2D eigenvalue weighted by molar-refractivity contribution is 6.07. The van der Waals surface area contributed by atoms with Crippen molar-refractivity contribution >= 4 is 34.1 Å². The minimum atomic E-state index is -0.283. The summed E-state index contributed by atoms with van der Waals surface area (Å²) in [5.74, 6) is 0.796. The molecule has 1 heterocycles. The second-order valence-electron chi connectivity index (χ2n) is 7.60. The number of H-pyrrole nitrogens is 1. The maximum absolute atomic E-state index is 12.7. The average molecular weight is 448 g/mol. The first-order chi connectivity index (χ1) is 16.6. The lowest BCUT2D eigenvalue weighted by atomic mass is 10.1. The van der Waals surface area contributed by atoms with Crippen molar-refractivity contribution in [1.82, 2.24) is 10.2 Å². The molecule has 7 nitrogen and oxygen atoms in total. The number of ether oxygens (including phenoxy) is 1. The van der Waals surface area contributed by atoms with E-state index >= 15 is 0 Å². The molecule has 2 amide bonds. The number of nitrogens with zero attached hydrogens (tertiary/aromatic N) is 1. The second kappa shape index (κ2) is 9.30. The fourth-order valence-corrected chi connectivity index (χ4v) is 3.46. The highest BCUT2D eigenvalue weighted by atomic mass is 16.5. The standard InChI is InChI=1S/C27H20N4O3/c32-26(18-9-12-24(13-10-18)34-23-7-2-1-3-8-23)29-21-6-4-5-19(15-21)27(33)30-22-11-14-25-20(16-22)17-28-31-25/h1-17H,(H,28,31)(H,29,32)(H,30,33). The summed E-state index contributed by atoms with van der Waals surface area (Å²) in [6.07, 6.45) is 1.70. The molecule has 0 aliphatic heterocycles. The normalized spacial score (nSPS) is 10.6. The zero-order valence-corrected chi connectivity index (χ0v) is 18.0. The van der Waals surface area contributed by atoms with Gasteiger partial charge >= 0.3 is 0 Å². The predicted molar refractivity (Wildman–Crippen MR) is 131 cm³/mol. The number of carbonyl (C=O) groups excluding carboxylic acids is 2. The lowest BCUT2D eigenvalue weighted by molar-refractivity contribution is 0.101. The molecule has 5 rings (SSSR count). The fourth-order valence-electron chi connectivity index (χ4n) is 3.46. The number of hydrogen-bond acceptors (Lipinski definition) is 4. The van der Waals surface area contributed by atoms with Crippen molar-refractivity contribution < 1.29 is 14.3 Å². The molecule has 0 aliphatic rings. The molecule has 3 N–H and O–H groups in total. The van der Waals surface area contributed by atoms with Gasteiger partial charge in [0, 0.05) is 27.9 Å². The lowest BCUT2D eigenvalue weighted by Crippen LogP contribution is -2.14. The van der Waals surface area contributed by atoms with Gasteiger partial charge in [-0.15, -0.1) is 0 Å². The molecule has 0 radical (unpaired) electrons. The van der Waals surface area contributed by atoms with Gasteiger partial charge in [-0.1, -0.05) is 24.3 Å². The molecule has 0 spiro atoms. The summed E-state index contributed by atoms with van der Waals surface area (Å²) >= 11 is 0. The highest BCUT2D eigenvalue weighted by Gasteiger charge is 2.11. The number of benzene rings is 4. The van der Waals surface area contributed by atoms with Gasteiger partial charge in [0.25, 0.3) is 11.8 Å². The monoisotopic (exact) mass is 448 g/mol. The molecule has 34 heavy (non-hydrogen) atoms. The van der Waals surface area contributed by atoms with Gasteiger partial charge in [-0.25, -0.2) is 0 Å². The highest BCUT2D eigenvalue weighted by Crippen LogP contribution is 2.22. The van der Waals surface area contributed by atoms with Gasteiger partial charge in [-0.3, -0.25) is 14.7 Å². The summed E-state index contributed by atoms with van der Waals surface area (Å²) < 4.78 is 5.76. The van der Waals surface area contributed by atoms with Crippen LogP contribution in [0.3, 0.4) is 0 Å². The van der Waals surface area contributed by atoms with Crippen LogP contribution in [0.15, 0.2) is 103 Å². The van der Waals surface area contributed by atoms with Crippen LogP contribution in [0.5, 0.6) is 11.5 Å². The van der Waals surface area contributed by atoms with Crippen LogP contribution in [-0.4, -0.2) is 22.0 Å². The van der Waals surface area contributed by atoms with E-state index in [1.807, 2.05) is 42.5 Å². The summed E-state index contributed by atoms with van der Waals surface area (Å²) in [6, 6.07) is 28.6. The van der Waals surface area contributed by atoms with Crippen molar-refractivity contribution in [3.05, 3.63) is 114 Å². The van der Waals surface area contributed by atoms with Crippen LogP contribution in [0.25, 0.3) is 10.9 Å². The molecule has 5 aromatic rings. The lowest BCUT2D eigenvalue weighted by Gasteiger charge is -2.10. The van der Waals surface area contributed by atoms with Gasteiger partial charge in [0.15, 0.2) is 0 Å². The Balaban J connectivity index is 1.24.